The minimum absolute atomic E-state index is 0.0187. The van der Waals surface area contributed by atoms with Crippen LogP contribution in [0, 0.1) is 17.0 Å². The van der Waals surface area contributed by atoms with Crippen molar-refractivity contribution in [1.29, 1.82) is 0 Å². The molecule has 0 aliphatic rings. The second kappa shape index (κ2) is 9.94. The number of thioether (sulfide) groups is 1. The van der Waals surface area contributed by atoms with Crippen molar-refractivity contribution >= 4 is 29.0 Å². The van der Waals surface area contributed by atoms with Gasteiger partial charge in [-0.2, -0.15) is 0 Å². The van der Waals surface area contributed by atoms with Crippen molar-refractivity contribution in [3.05, 3.63) is 58.4 Å². The molecule has 2 heterocycles. The summed E-state index contributed by atoms with van der Waals surface area (Å²) in [5.74, 6) is 0.532. The molecule has 156 valence electrons. The number of nitrogens with one attached hydrogen (secondary N) is 1. The number of carbonyl (C=O) groups excluding carboxylic acids is 1. The summed E-state index contributed by atoms with van der Waals surface area (Å²) in [6.45, 7) is 2.71. The van der Waals surface area contributed by atoms with Crippen LogP contribution in [0.15, 0.2) is 47.9 Å². The number of aromatic nitrogens is 4. The van der Waals surface area contributed by atoms with Crippen molar-refractivity contribution in [2.75, 3.05) is 24.8 Å². The lowest BCUT2D eigenvalue weighted by Gasteiger charge is -2.10. The molecule has 1 aromatic carbocycles. The number of amides is 1. The van der Waals surface area contributed by atoms with Gasteiger partial charge in [0.15, 0.2) is 11.0 Å². The molecule has 0 spiro atoms. The molecule has 1 N–H and O–H groups in total. The Labute approximate surface area is 176 Å². The summed E-state index contributed by atoms with van der Waals surface area (Å²) < 4.78 is 7.08. The predicted molar refractivity (Wildman–Crippen MR) is 112 cm³/mol. The SMILES string of the molecule is COCCn1c(SCC(=O)Nc2ccc([N+](=O)[O-])cc2C)nnc1-c1ccncc1. The Balaban J connectivity index is 1.70. The molecule has 0 unspecified atom stereocenters. The van der Waals surface area contributed by atoms with Crippen LogP contribution in [0.4, 0.5) is 11.4 Å². The van der Waals surface area contributed by atoms with E-state index in [1.54, 1.807) is 26.4 Å². The predicted octanol–water partition coefficient (Wildman–Crippen LogP) is 2.93. The third-order valence-corrected chi connectivity index (χ3v) is 5.17. The van der Waals surface area contributed by atoms with Crippen LogP contribution in [0.3, 0.4) is 0 Å². The molecule has 30 heavy (non-hydrogen) atoms. The van der Waals surface area contributed by atoms with E-state index in [9.17, 15) is 14.9 Å². The van der Waals surface area contributed by atoms with Crippen LogP contribution in [0.25, 0.3) is 11.4 Å². The average molecular weight is 428 g/mol. The number of methoxy groups -OCH3 is 1. The van der Waals surface area contributed by atoms with Crippen molar-refractivity contribution in [2.24, 2.45) is 0 Å². The van der Waals surface area contributed by atoms with Gasteiger partial charge in [-0.3, -0.25) is 24.5 Å². The van der Waals surface area contributed by atoms with Crippen molar-refractivity contribution in [3.8, 4) is 11.4 Å². The summed E-state index contributed by atoms with van der Waals surface area (Å²) in [5, 5.41) is 22.7. The van der Waals surface area contributed by atoms with Gasteiger partial charge < -0.3 is 10.1 Å². The molecule has 0 bridgehead atoms. The second-order valence-electron chi connectivity index (χ2n) is 6.28. The Kier molecular flexibility index (Phi) is 7.09. The first-order valence-corrected chi connectivity index (χ1v) is 9.98. The quantitative estimate of drug-likeness (QED) is 0.313. The highest BCUT2D eigenvalue weighted by Gasteiger charge is 2.16. The zero-order chi connectivity index (χ0) is 21.5. The van der Waals surface area contributed by atoms with Gasteiger partial charge in [0.05, 0.1) is 23.8 Å². The standard InChI is InChI=1S/C19H20N6O4S/c1-13-11-15(25(27)28)3-4-16(13)21-17(26)12-30-19-23-22-18(24(19)9-10-29-2)14-5-7-20-8-6-14/h3-8,11H,9-10,12H2,1-2H3,(H,21,26). The number of pyridine rings is 1. The maximum absolute atomic E-state index is 12.4. The molecule has 10 nitrogen and oxygen atoms in total. The van der Waals surface area contributed by atoms with Crippen LogP contribution < -0.4 is 5.32 Å². The average Bonchev–Trinajstić information content (AvgIpc) is 3.15. The molecule has 3 rings (SSSR count). The Hall–Kier alpha value is -3.31. The Bertz CT molecular complexity index is 1040. The van der Waals surface area contributed by atoms with Gasteiger partial charge in [-0.25, -0.2) is 0 Å². The van der Waals surface area contributed by atoms with E-state index in [-0.39, 0.29) is 17.3 Å². The van der Waals surface area contributed by atoms with Gasteiger partial charge in [-0.15, -0.1) is 10.2 Å². The van der Waals surface area contributed by atoms with Crippen LogP contribution in [-0.4, -0.2) is 50.0 Å². The van der Waals surface area contributed by atoms with Gasteiger partial charge in [0.2, 0.25) is 5.91 Å². The smallest absolute Gasteiger partial charge is 0.269 e. The van der Waals surface area contributed by atoms with Crippen LogP contribution in [0.1, 0.15) is 5.56 Å². The highest BCUT2D eigenvalue weighted by Crippen LogP contribution is 2.25. The summed E-state index contributed by atoms with van der Waals surface area (Å²) in [7, 11) is 1.61. The Morgan fingerprint density at radius 2 is 2.03 bits per heavy atom. The van der Waals surface area contributed by atoms with Crippen molar-refractivity contribution in [1.82, 2.24) is 19.7 Å². The number of nitro groups is 1. The first-order valence-electron chi connectivity index (χ1n) is 9.00. The molecule has 0 atom stereocenters. The van der Waals surface area contributed by atoms with Crippen LogP contribution >= 0.6 is 11.8 Å². The lowest BCUT2D eigenvalue weighted by Crippen LogP contribution is -2.16. The molecular formula is C19H20N6O4S. The van der Waals surface area contributed by atoms with Gasteiger partial charge in [0, 0.05) is 42.9 Å². The fraction of sp³-hybridized carbons (Fsp3) is 0.263. The molecule has 0 aliphatic carbocycles. The fourth-order valence-electron chi connectivity index (χ4n) is 2.71. The maximum atomic E-state index is 12.4. The lowest BCUT2D eigenvalue weighted by molar-refractivity contribution is -0.384. The molecule has 2 aromatic heterocycles. The molecule has 1 amide bonds. The van der Waals surface area contributed by atoms with E-state index in [4.69, 9.17) is 4.74 Å². The van der Waals surface area contributed by atoms with E-state index in [0.717, 1.165) is 5.56 Å². The minimum atomic E-state index is -0.471. The van der Waals surface area contributed by atoms with Gasteiger partial charge in [0.1, 0.15) is 0 Å². The lowest BCUT2D eigenvalue weighted by atomic mass is 10.2. The molecule has 0 aliphatic heterocycles. The second-order valence-corrected chi connectivity index (χ2v) is 7.22. The monoisotopic (exact) mass is 428 g/mol. The molecule has 11 heteroatoms. The first kappa shape index (κ1) is 21.4. The van der Waals surface area contributed by atoms with Gasteiger partial charge in [-0.05, 0) is 30.7 Å². The van der Waals surface area contributed by atoms with Crippen molar-refractivity contribution < 1.29 is 14.5 Å². The number of aryl methyl sites for hydroxylation is 1. The molecule has 0 saturated heterocycles. The maximum Gasteiger partial charge on any atom is 0.269 e. The van der Waals surface area contributed by atoms with E-state index in [2.05, 4.69) is 20.5 Å². The van der Waals surface area contributed by atoms with E-state index in [0.29, 0.717) is 35.4 Å². The molecule has 3 aromatic rings. The van der Waals surface area contributed by atoms with E-state index in [1.165, 1.54) is 30.0 Å². The molecule has 0 saturated carbocycles. The minimum Gasteiger partial charge on any atom is -0.383 e. The van der Waals surface area contributed by atoms with E-state index >= 15 is 0 Å². The van der Waals surface area contributed by atoms with Crippen LogP contribution in [-0.2, 0) is 16.1 Å². The molecule has 0 fully saturated rings. The number of ether oxygens (including phenoxy) is 1. The Morgan fingerprint density at radius 3 is 2.70 bits per heavy atom. The van der Waals surface area contributed by atoms with Gasteiger partial charge in [-0.1, -0.05) is 11.8 Å². The largest absolute Gasteiger partial charge is 0.383 e. The van der Waals surface area contributed by atoms with E-state index in [1.807, 2.05) is 16.7 Å². The summed E-state index contributed by atoms with van der Waals surface area (Å²) in [4.78, 5) is 26.8. The molecular weight excluding hydrogens is 408 g/mol. The normalized spacial score (nSPS) is 10.7. The van der Waals surface area contributed by atoms with Gasteiger partial charge >= 0.3 is 0 Å². The number of carbonyl (C=O) groups is 1. The number of nitro benzene ring substituents is 1. The number of nitrogens with zero attached hydrogens (tertiary/aromatic N) is 5. The molecule has 0 radical (unpaired) electrons. The van der Waals surface area contributed by atoms with Crippen LogP contribution in [0.5, 0.6) is 0 Å². The van der Waals surface area contributed by atoms with Crippen molar-refractivity contribution in [2.45, 2.75) is 18.6 Å². The zero-order valence-corrected chi connectivity index (χ0v) is 17.3. The number of hydrogen-bond donors (Lipinski definition) is 1. The summed E-state index contributed by atoms with van der Waals surface area (Å²) in [6.07, 6.45) is 3.36. The fourth-order valence-corrected chi connectivity index (χ4v) is 3.48. The summed E-state index contributed by atoms with van der Waals surface area (Å²) in [5.41, 5.74) is 2.00. The van der Waals surface area contributed by atoms with Crippen molar-refractivity contribution in [3.63, 3.8) is 0 Å². The topological polar surface area (TPSA) is 125 Å². The third-order valence-electron chi connectivity index (χ3n) is 4.20. The number of non-ortho nitro benzene ring substituents is 1. The third kappa shape index (κ3) is 5.19. The highest BCUT2D eigenvalue weighted by atomic mass is 32.2. The number of rotatable bonds is 9. The number of anilines is 1. The summed E-state index contributed by atoms with van der Waals surface area (Å²) >= 11 is 1.25. The summed E-state index contributed by atoms with van der Waals surface area (Å²) in [6, 6.07) is 7.99. The zero-order valence-electron chi connectivity index (χ0n) is 16.4. The highest BCUT2D eigenvalue weighted by molar-refractivity contribution is 7.99. The first-order chi connectivity index (χ1) is 14.5. The Morgan fingerprint density at radius 1 is 1.27 bits per heavy atom. The van der Waals surface area contributed by atoms with Gasteiger partial charge in [0.25, 0.3) is 5.69 Å². The number of hydrogen-bond acceptors (Lipinski definition) is 8. The number of benzene rings is 1. The van der Waals surface area contributed by atoms with Crippen LogP contribution in [0.2, 0.25) is 0 Å². The van der Waals surface area contributed by atoms with E-state index < -0.39 is 4.92 Å².